The molecule has 0 bridgehead atoms. The second-order valence-electron chi connectivity index (χ2n) is 5.08. The van der Waals surface area contributed by atoms with Crippen molar-refractivity contribution in [2.24, 2.45) is 0 Å². The van der Waals surface area contributed by atoms with Crippen LogP contribution in [0.5, 0.6) is 0 Å². The van der Waals surface area contributed by atoms with Crippen molar-refractivity contribution in [2.75, 3.05) is 0 Å². The number of aromatic nitrogens is 2. The summed E-state index contributed by atoms with van der Waals surface area (Å²) in [6.45, 7) is 2.50. The molecule has 1 aliphatic rings. The first-order valence-corrected chi connectivity index (χ1v) is 7.02. The Balaban J connectivity index is 1.99. The molecule has 0 aliphatic heterocycles. The van der Waals surface area contributed by atoms with E-state index in [1.54, 1.807) is 12.1 Å². The molecule has 2 aromatic rings. The predicted octanol–water partition coefficient (Wildman–Crippen LogP) is 3.91. The molecule has 100 valence electrons. The lowest BCUT2D eigenvalue weighted by Crippen LogP contribution is -2.11. The van der Waals surface area contributed by atoms with E-state index in [1.165, 1.54) is 30.3 Å². The number of rotatable bonds is 2. The van der Waals surface area contributed by atoms with E-state index in [1.807, 2.05) is 6.92 Å². The Kier molecular flexibility index (Phi) is 3.31. The summed E-state index contributed by atoms with van der Waals surface area (Å²) < 4.78 is 16.0. The SMILES string of the molecule is Cc1nc2c(n1Cc1cc(Cl)ccc1F)CCCC2. The summed E-state index contributed by atoms with van der Waals surface area (Å²) in [6, 6.07) is 4.71. The monoisotopic (exact) mass is 278 g/mol. The highest BCUT2D eigenvalue weighted by Gasteiger charge is 2.18. The van der Waals surface area contributed by atoms with E-state index in [0.717, 1.165) is 18.7 Å². The van der Waals surface area contributed by atoms with Crippen LogP contribution in [0.3, 0.4) is 0 Å². The third kappa shape index (κ3) is 2.39. The van der Waals surface area contributed by atoms with Crippen LogP contribution in [0.15, 0.2) is 18.2 Å². The minimum Gasteiger partial charge on any atom is -0.327 e. The molecule has 0 unspecified atom stereocenters. The quantitative estimate of drug-likeness (QED) is 0.814. The zero-order valence-electron chi connectivity index (χ0n) is 10.9. The Morgan fingerprint density at radius 3 is 2.95 bits per heavy atom. The van der Waals surface area contributed by atoms with E-state index in [9.17, 15) is 4.39 Å². The molecule has 0 fully saturated rings. The molecule has 4 heteroatoms. The number of imidazole rings is 1. The van der Waals surface area contributed by atoms with Crippen molar-refractivity contribution < 1.29 is 4.39 Å². The fourth-order valence-electron chi connectivity index (χ4n) is 2.78. The largest absolute Gasteiger partial charge is 0.327 e. The topological polar surface area (TPSA) is 17.8 Å². The van der Waals surface area contributed by atoms with Gasteiger partial charge in [0.15, 0.2) is 0 Å². The maximum absolute atomic E-state index is 13.8. The predicted molar refractivity (Wildman–Crippen MR) is 74.1 cm³/mol. The number of hydrogen-bond donors (Lipinski definition) is 0. The molecule has 0 radical (unpaired) electrons. The molecule has 0 spiro atoms. The average molecular weight is 279 g/mol. The molecule has 0 N–H and O–H groups in total. The number of aryl methyl sites for hydroxylation is 2. The van der Waals surface area contributed by atoms with Crippen molar-refractivity contribution in [3.05, 3.63) is 51.8 Å². The fraction of sp³-hybridized carbons (Fsp3) is 0.400. The van der Waals surface area contributed by atoms with Gasteiger partial charge in [0, 0.05) is 16.3 Å². The Labute approximate surface area is 117 Å². The number of hydrogen-bond acceptors (Lipinski definition) is 1. The molecule has 0 atom stereocenters. The van der Waals surface area contributed by atoms with Crippen LogP contribution in [0.25, 0.3) is 0 Å². The minimum atomic E-state index is -0.206. The van der Waals surface area contributed by atoms with E-state index in [-0.39, 0.29) is 5.82 Å². The second-order valence-corrected chi connectivity index (χ2v) is 5.52. The molecular formula is C15H16ClFN2. The van der Waals surface area contributed by atoms with Gasteiger partial charge in [0.1, 0.15) is 11.6 Å². The number of benzene rings is 1. The van der Waals surface area contributed by atoms with Gasteiger partial charge in [-0.05, 0) is 50.8 Å². The first-order chi connectivity index (χ1) is 9.15. The van der Waals surface area contributed by atoms with Gasteiger partial charge in [0.2, 0.25) is 0 Å². The lowest BCUT2D eigenvalue weighted by atomic mass is 10.0. The second kappa shape index (κ2) is 4.97. The lowest BCUT2D eigenvalue weighted by molar-refractivity contribution is 0.582. The van der Waals surface area contributed by atoms with Gasteiger partial charge in [0.05, 0.1) is 12.2 Å². The van der Waals surface area contributed by atoms with Gasteiger partial charge in [0.25, 0.3) is 0 Å². The van der Waals surface area contributed by atoms with Crippen molar-refractivity contribution in [3.63, 3.8) is 0 Å². The van der Waals surface area contributed by atoms with E-state index in [2.05, 4.69) is 9.55 Å². The Morgan fingerprint density at radius 1 is 1.32 bits per heavy atom. The van der Waals surface area contributed by atoms with Crippen LogP contribution in [0.2, 0.25) is 5.02 Å². The van der Waals surface area contributed by atoms with Gasteiger partial charge < -0.3 is 4.57 Å². The normalized spacial score (nSPS) is 14.5. The Hall–Kier alpha value is -1.35. The molecule has 19 heavy (non-hydrogen) atoms. The van der Waals surface area contributed by atoms with Crippen LogP contribution in [0, 0.1) is 12.7 Å². The molecule has 0 saturated carbocycles. The zero-order chi connectivity index (χ0) is 13.4. The third-order valence-electron chi connectivity index (χ3n) is 3.76. The lowest BCUT2D eigenvalue weighted by Gasteiger charge is -2.15. The van der Waals surface area contributed by atoms with Crippen molar-refractivity contribution in [2.45, 2.75) is 39.2 Å². The van der Waals surface area contributed by atoms with E-state index in [4.69, 9.17) is 11.6 Å². The van der Waals surface area contributed by atoms with Gasteiger partial charge in [-0.25, -0.2) is 9.37 Å². The van der Waals surface area contributed by atoms with Crippen LogP contribution in [-0.4, -0.2) is 9.55 Å². The molecular weight excluding hydrogens is 263 g/mol. The Morgan fingerprint density at radius 2 is 2.11 bits per heavy atom. The summed E-state index contributed by atoms with van der Waals surface area (Å²) in [5.74, 6) is 0.758. The molecule has 1 heterocycles. The summed E-state index contributed by atoms with van der Waals surface area (Å²) in [6.07, 6.45) is 4.48. The molecule has 1 aromatic carbocycles. The maximum Gasteiger partial charge on any atom is 0.128 e. The van der Waals surface area contributed by atoms with Crippen molar-refractivity contribution >= 4 is 11.6 Å². The number of halogens is 2. The van der Waals surface area contributed by atoms with Crippen LogP contribution >= 0.6 is 11.6 Å². The smallest absolute Gasteiger partial charge is 0.128 e. The highest BCUT2D eigenvalue weighted by atomic mass is 35.5. The summed E-state index contributed by atoms with van der Waals surface area (Å²) in [5.41, 5.74) is 3.08. The molecule has 2 nitrogen and oxygen atoms in total. The highest BCUT2D eigenvalue weighted by molar-refractivity contribution is 6.30. The average Bonchev–Trinajstić information content (AvgIpc) is 2.71. The van der Waals surface area contributed by atoms with Crippen molar-refractivity contribution in [1.82, 2.24) is 9.55 Å². The fourth-order valence-corrected chi connectivity index (χ4v) is 2.97. The van der Waals surface area contributed by atoms with E-state index >= 15 is 0 Å². The van der Waals surface area contributed by atoms with Gasteiger partial charge in [-0.1, -0.05) is 11.6 Å². The summed E-state index contributed by atoms with van der Waals surface area (Å²) in [4.78, 5) is 4.61. The number of nitrogens with zero attached hydrogens (tertiary/aromatic N) is 2. The highest BCUT2D eigenvalue weighted by Crippen LogP contribution is 2.24. The van der Waals surface area contributed by atoms with Gasteiger partial charge in [-0.2, -0.15) is 0 Å². The zero-order valence-corrected chi connectivity index (χ0v) is 11.7. The van der Waals surface area contributed by atoms with Crippen LogP contribution in [0.4, 0.5) is 4.39 Å². The summed E-state index contributed by atoms with van der Waals surface area (Å²) in [7, 11) is 0. The number of fused-ring (bicyclic) bond motifs is 1. The first-order valence-electron chi connectivity index (χ1n) is 6.64. The van der Waals surface area contributed by atoms with Crippen LogP contribution in [-0.2, 0) is 19.4 Å². The third-order valence-corrected chi connectivity index (χ3v) is 3.99. The summed E-state index contributed by atoms with van der Waals surface area (Å²) >= 11 is 5.95. The van der Waals surface area contributed by atoms with Crippen LogP contribution in [0.1, 0.15) is 35.6 Å². The molecule has 1 aromatic heterocycles. The minimum absolute atomic E-state index is 0.206. The van der Waals surface area contributed by atoms with Crippen molar-refractivity contribution in [3.8, 4) is 0 Å². The maximum atomic E-state index is 13.8. The standard InChI is InChI=1S/C15H16ClFN2/c1-10-18-14-4-2-3-5-15(14)19(10)9-11-8-12(16)6-7-13(11)17/h6-8H,2-5,9H2,1H3. The molecule has 3 rings (SSSR count). The molecule has 0 saturated heterocycles. The van der Waals surface area contributed by atoms with Gasteiger partial charge >= 0.3 is 0 Å². The van der Waals surface area contributed by atoms with Gasteiger partial charge in [-0.3, -0.25) is 0 Å². The molecule has 1 aliphatic carbocycles. The van der Waals surface area contributed by atoms with Crippen LogP contribution < -0.4 is 0 Å². The molecule has 0 amide bonds. The summed E-state index contributed by atoms with van der Waals surface area (Å²) in [5, 5.41) is 0.572. The van der Waals surface area contributed by atoms with Gasteiger partial charge in [-0.15, -0.1) is 0 Å². The van der Waals surface area contributed by atoms with E-state index in [0.29, 0.717) is 17.1 Å². The Bertz CT molecular complexity index is 619. The van der Waals surface area contributed by atoms with E-state index < -0.39 is 0 Å². The first kappa shape index (κ1) is 12.7. The van der Waals surface area contributed by atoms with Crippen molar-refractivity contribution in [1.29, 1.82) is 0 Å².